The highest BCUT2D eigenvalue weighted by atomic mass is 35.5. The number of carbonyl (C=O) groups is 1. The van der Waals surface area contributed by atoms with Crippen LogP contribution >= 0.6 is 23.2 Å². The SMILES string of the molecule is O=C1c2oc3c(Cl)cccc3c(=O)c2CCN1c1ncc(Cl)cc1C(F)(F)F. The van der Waals surface area contributed by atoms with Gasteiger partial charge in [0.25, 0.3) is 5.91 Å². The van der Waals surface area contributed by atoms with Gasteiger partial charge >= 0.3 is 6.18 Å². The van der Waals surface area contributed by atoms with Crippen LogP contribution in [0, 0.1) is 0 Å². The van der Waals surface area contributed by atoms with E-state index in [4.69, 9.17) is 27.6 Å². The van der Waals surface area contributed by atoms with E-state index in [1.807, 2.05) is 0 Å². The van der Waals surface area contributed by atoms with Crippen molar-refractivity contribution in [2.75, 3.05) is 11.4 Å². The van der Waals surface area contributed by atoms with Crippen molar-refractivity contribution in [3.05, 3.63) is 67.6 Å². The molecule has 5 nitrogen and oxygen atoms in total. The Kier molecular flexibility index (Phi) is 4.35. The van der Waals surface area contributed by atoms with Gasteiger partial charge in [-0.05, 0) is 24.6 Å². The summed E-state index contributed by atoms with van der Waals surface area (Å²) < 4.78 is 45.8. The Bertz CT molecular complexity index is 1190. The summed E-state index contributed by atoms with van der Waals surface area (Å²) in [5, 5.41) is 0.0984. The maximum atomic E-state index is 13.4. The molecule has 1 amide bonds. The first-order chi connectivity index (χ1) is 13.2. The van der Waals surface area contributed by atoms with Crippen LogP contribution in [-0.4, -0.2) is 17.4 Å². The number of alkyl halides is 3. The summed E-state index contributed by atoms with van der Waals surface area (Å²) in [4.78, 5) is 30.1. The standard InChI is InChI=1S/C18H9Cl2F3N2O3/c19-8-6-11(18(21,22)23)16(24-7-8)25-5-4-10-13(26)9-2-1-3-12(20)14(9)28-15(10)17(25)27/h1-3,6-7H,4-5H2. The minimum absolute atomic E-state index is 0.00299. The molecule has 28 heavy (non-hydrogen) atoms. The van der Waals surface area contributed by atoms with E-state index >= 15 is 0 Å². The summed E-state index contributed by atoms with van der Waals surface area (Å²) in [5.74, 6) is -1.85. The summed E-state index contributed by atoms with van der Waals surface area (Å²) in [5.41, 5.74) is -1.49. The molecule has 2 aromatic heterocycles. The second-order valence-corrected chi connectivity index (χ2v) is 6.93. The smallest absolute Gasteiger partial charge is 0.420 e. The minimum atomic E-state index is -4.78. The number of anilines is 1. The zero-order chi connectivity index (χ0) is 20.2. The molecule has 0 atom stereocenters. The van der Waals surface area contributed by atoms with E-state index in [-0.39, 0.29) is 45.3 Å². The number of carbonyl (C=O) groups excluding carboxylic acids is 1. The highest BCUT2D eigenvalue weighted by Gasteiger charge is 2.40. The van der Waals surface area contributed by atoms with Gasteiger partial charge in [0.15, 0.2) is 16.8 Å². The average molecular weight is 429 g/mol. The molecule has 144 valence electrons. The third-order valence-electron chi connectivity index (χ3n) is 4.38. The molecule has 3 heterocycles. The normalized spacial score (nSPS) is 14.5. The Morgan fingerprint density at radius 3 is 2.64 bits per heavy atom. The van der Waals surface area contributed by atoms with Crippen LogP contribution in [0.25, 0.3) is 11.0 Å². The zero-order valence-electron chi connectivity index (χ0n) is 13.8. The number of para-hydroxylation sites is 1. The Morgan fingerprint density at radius 1 is 1.18 bits per heavy atom. The number of pyridine rings is 1. The molecular formula is C18H9Cl2F3N2O3. The van der Waals surface area contributed by atoms with E-state index in [0.29, 0.717) is 6.07 Å². The Hall–Kier alpha value is -2.58. The first-order valence-corrected chi connectivity index (χ1v) is 8.73. The van der Waals surface area contributed by atoms with Crippen LogP contribution in [0.1, 0.15) is 21.7 Å². The van der Waals surface area contributed by atoms with Crippen molar-refractivity contribution >= 4 is 45.9 Å². The molecule has 1 aromatic carbocycles. The van der Waals surface area contributed by atoms with Gasteiger partial charge in [0.05, 0.1) is 26.6 Å². The largest absolute Gasteiger partial charge is 0.449 e. The lowest BCUT2D eigenvalue weighted by atomic mass is 10.0. The number of nitrogens with zero attached hydrogens (tertiary/aromatic N) is 2. The van der Waals surface area contributed by atoms with Crippen molar-refractivity contribution in [3.63, 3.8) is 0 Å². The van der Waals surface area contributed by atoms with Crippen LogP contribution in [0.3, 0.4) is 0 Å². The van der Waals surface area contributed by atoms with E-state index in [1.165, 1.54) is 12.1 Å². The van der Waals surface area contributed by atoms with Crippen LogP contribution in [0.4, 0.5) is 19.0 Å². The number of aromatic nitrogens is 1. The molecule has 10 heteroatoms. The predicted molar refractivity (Wildman–Crippen MR) is 97.1 cm³/mol. The van der Waals surface area contributed by atoms with Crippen LogP contribution < -0.4 is 10.3 Å². The van der Waals surface area contributed by atoms with Crippen molar-refractivity contribution in [3.8, 4) is 0 Å². The molecule has 4 rings (SSSR count). The number of amides is 1. The molecule has 0 fully saturated rings. The van der Waals surface area contributed by atoms with Gasteiger partial charge in [0.1, 0.15) is 5.82 Å². The molecule has 0 saturated heterocycles. The molecule has 0 bridgehead atoms. The molecule has 1 aliphatic rings. The van der Waals surface area contributed by atoms with Crippen LogP contribution in [0.5, 0.6) is 0 Å². The van der Waals surface area contributed by atoms with E-state index in [9.17, 15) is 22.8 Å². The molecule has 0 N–H and O–H groups in total. The maximum Gasteiger partial charge on any atom is 0.420 e. The molecular weight excluding hydrogens is 420 g/mol. The number of benzene rings is 1. The van der Waals surface area contributed by atoms with E-state index in [2.05, 4.69) is 4.98 Å². The van der Waals surface area contributed by atoms with Gasteiger partial charge in [-0.1, -0.05) is 29.3 Å². The summed E-state index contributed by atoms with van der Waals surface area (Å²) in [6.07, 6.45) is -3.75. The van der Waals surface area contributed by atoms with Crippen molar-refractivity contribution in [2.45, 2.75) is 12.6 Å². The summed E-state index contributed by atoms with van der Waals surface area (Å²) in [7, 11) is 0. The minimum Gasteiger partial charge on any atom is -0.449 e. The Balaban J connectivity index is 1.90. The van der Waals surface area contributed by atoms with Gasteiger partial charge < -0.3 is 4.42 Å². The summed E-state index contributed by atoms with van der Waals surface area (Å²) in [6, 6.07) is 5.25. The second kappa shape index (κ2) is 6.49. The summed E-state index contributed by atoms with van der Waals surface area (Å²) >= 11 is 11.7. The molecule has 3 aromatic rings. The van der Waals surface area contributed by atoms with Crippen molar-refractivity contribution in [2.24, 2.45) is 0 Å². The number of hydrogen-bond donors (Lipinski definition) is 0. The van der Waals surface area contributed by atoms with Gasteiger partial charge in [0, 0.05) is 12.7 Å². The first kappa shape index (κ1) is 18.8. The highest BCUT2D eigenvalue weighted by Crippen LogP contribution is 2.38. The quantitative estimate of drug-likeness (QED) is 0.562. The van der Waals surface area contributed by atoms with Crippen LogP contribution in [-0.2, 0) is 12.6 Å². The third kappa shape index (κ3) is 2.93. The fourth-order valence-corrected chi connectivity index (χ4v) is 3.50. The van der Waals surface area contributed by atoms with Gasteiger partial charge in [-0.15, -0.1) is 0 Å². The van der Waals surface area contributed by atoms with Crippen molar-refractivity contribution < 1.29 is 22.4 Å². The summed E-state index contributed by atoms with van der Waals surface area (Å²) in [6.45, 7) is -0.166. The fourth-order valence-electron chi connectivity index (χ4n) is 3.13. The van der Waals surface area contributed by atoms with Gasteiger partial charge in [-0.2, -0.15) is 13.2 Å². The topological polar surface area (TPSA) is 63.4 Å². The lowest BCUT2D eigenvalue weighted by Crippen LogP contribution is -2.41. The van der Waals surface area contributed by atoms with E-state index in [0.717, 1.165) is 11.1 Å². The number of rotatable bonds is 1. The van der Waals surface area contributed by atoms with Crippen molar-refractivity contribution in [1.29, 1.82) is 0 Å². The van der Waals surface area contributed by atoms with Gasteiger partial charge in [-0.25, -0.2) is 4.98 Å². The van der Waals surface area contributed by atoms with Crippen molar-refractivity contribution in [1.82, 2.24) is 4.98 Å². The molecule has 0 unspecified atom stereocenters. The molecule has 0 saturated carbocycles. The van der Waals surface area contributed by atoms with Crippen LogP contribution in [0.15, 0.2) is 39.7 Å². The van der Waals surface area contributed by atoms with E-state index in [1.54, 1.807) is 6.07 Å². The predicted octanol–water partition coefficient (Wildman–Crippen LogP) is 4.72. The molecule has 0 aliphatic carbocycles. The molecule has 0 spiro atoms. The zero-order valence-corrected chi connectivity index (χ0v) is 15.3. The number of hydrogen-bond acceptors (Lipinski definition) is 4. The second-order valence-electron chi connectivity index (χ2n) is 6.08. The number of halogens is 5. The first-order valence-electron chi connectivity index (χ1n) is 7.97. The Morgan fingerprint density at radius 2 is 1.93 bits per heavy atom. The van der Waals surface area contributed by atoms with Gasteiger partial charge in [-0.3, -0.25) is 14.5 Å². The molecule has 1 aliphatic heterocycles. The molecule has 0 radical (unpaired) electrons. The maximum absolute atomic E-state index is 13.4. The van der Waals surface area contributed by atoms with Crippen LogP contribution in [0.2, 0.25) is 10.0 Å². The third-order valence-corrected chi connectivity index (χ3v) is 4.89. The lowest BCUT2D eigenvalue weighted by molar-refractivity contribution is -0.137. The number of fused-ring (bicyclic) bond motifs is 2. The Labute approximate surface area is 165 Å². The fraction of sp³-hybridized carbons (Fsp3) is 0.167. The lowest BCUT2D eigenvalue weighted by Gasteiger charge is -2.28. The monoisotopic (exact) mass is 428 g/mol. The van der Waals surface area contributed by atoms with E-state index < -0.39 is 28.9 Å². The highest BCUT2D eigenvalue weighted by molar-refractivity contribution is 6.34. The average Bonchev–Trinajstić information content (AvgIpc) is 2.63. The van der Waals surface area contributed by atoms with Gasteiger partial charge in [0.2, 0.25) is 0 Å².